The van der Waals surface area contributed by atoms with Crippen LogP contribution in [0.5, 0.6) is 0 Å². The van der Waals surface area contributed by atoms with E-state index >= 15 is 0 Å². The van der Waals surface area contributed by atoms with Gasteiger partial charge in [-0.25, -0.2) is 9.88 Å². The number of nitriles is 1. The van der Waals surface area contributed by atoms with E-state index in [0.717, 1.165) is 4.90 Å². The van der Waals surface area contributed by atoms with Crippen molar-refractivity contribution in [2.24, 2.45) is 17.3 Å². The molecule has 2 heterocycles. The molecular formula is C18H21N3O4. The molecule has 2 amide bonds. The molecule has 25 heavy (non-hydrogen) atoms. The molecule has 1 saturated carbocycles. The summed E-state index contributed by atoms with van der Waals surface area (Å²) in [6.07, 6.45) is 0.440. The molecule has 0 aromatic carbocycles. The molecule has 0 radical (unpaired) electrons. The number of aryl methyl sites for hydroxylation is 1. The number of rotatable bonds is 1. The number of pyridine rings is 1. The smallest absolute Gasteiger partial charge is 0.241 e. The van der Waals surface area contributed by atoms with Gasteiger partial charge in [0, 0.05) is 6.20 Å². The fraction of sp³-hybridized carbons (Fsp3) is 0.556. The van der Waals surface area contributed by atoms with Crippen LogP contribution in [0, 0.1) is 35.5 Å². The third-order valence-electron chi connectivity index (χ3n) is 5.62. The second-order valence-electron chi connectivity index (χ2n) is 7.87. The van der Waals surface area contributed by atoms with Crippen LogP contribution >= 0.6 is 0 Å². The van der Waals surface area contributed by atoms with Gasteiger partial charge in [0.25, 0.3) is 0 Å². The summed E-state index contributed by atoms with van der Waals surface area (Å²) >= 11 is 0. The van der Waals surface area contributed by atoms with Crippen LogP contribution in [-0.4, -0.2) is 38.7 Å². The van der Waals surface area contributed by atoms with Crippen LogP contribution in [0.25, 0.3) is 0 Å². The molecule has 7 heteroatoms. The Morgan fingerprint density at radius 2 is 1.88 bits per heavy atom. The van der Waals surface area contributed by atoms with E-state index in [2.05, 4.69) is 4.98 Å². The molecule has 1 aliphatic heterocycles. The summed E-state index contributed by atoms with van der Waals surface area (Å²) in [4.78, 5) is 31.1. The fourth-order valence-corrected chi connectivity index (χ4v) is 4.09. The zero-order valence-corrected chi connectivity index (χ0v) is 14.6. The molecule has 132 valence electrons. The Hall–Kier alpha value is -2.30. The number of fused-ring (bicyclic) bond motifs is 1. The van der Waals surface area contributed by atoms with Gasteiger partial charge in [0.2, 0.25) is 11.8 Å². The minimum Gasteiger partial charge on any atom is -0.390 e. The second-order valence-corrected chi connectivity index (χ2v) is 7.87. The number of hydrogen-bond donors (Lipinski definition) is 2. The number of anilines is 1. The van der Waals surface area contributed by atoms with Crippen LogP contribution < -0.4 is 4.90 Å². The lowest BCUT2D eigenvalue weighted by Crippen LogP contribution is -2.59. The molecule has 1 saturated heterocycles. The molecule has 1 aromatic heterocycles. The first-order valence-corrected chi connectivity index (χ1v) is 8.17. The van der Waals surface area contributed by atoms with Gasteiger partial charge < -0.3 is 10.2 Å². The number of carbonyl (C=O) groups excluding carboxylic acids is 2. The highest BCUT2D eigenvalue weighted by molar-refractivity contribution is 6.22. The van der Waals surface area contributed by atoms with Crippen LogP contribution in [0.1, 0.15) is 38.3 Å². The van der Waals surface area contributed by atoms with E-state index in [0.29, 0.717) is 11.1 Å². The van der Waals surface area contributed by atoms with Crippen molar-refractivity contribution in [1.29, 1.82) is 5.26 Å². The molecule has 2 fully saturated rings. The summed E-state index contributed by atoms with van der Waals surface area (Å²) in [5, 5.41) is 30.0. The Kier molecular flexibility index (Phi) is 3.75. The van der Waals surface area contributed by atoms with Gasteiger partial charge >= 0.3 is 0 Å². The lowest BCUT2D eigenvalue weighted by Gasteiger charge is -2.48. The van der Waals surface area contributed by atoms with Crippen molar-refractivity contribution in [3.63, 3.8) is 0 Å². The number of aliphatic hydroxyl groups is 2. The summed E-state index contributed by atoms with van der Waals surface area (Å²) in [7, 11) is 0. The van der Waals surface area contributed by atoms with E-state index < -0.39 is 40.8 Å². The number of hydrogen-bond acceptors (Lipinski definition) is 6. The van der Waals surface area contributed by atoms with Crippen molar-refractivity contribution in [3.8, 4) is 6.07 Å². The first-order valence-electron chi connectivity index (χ1n) is 8.17. The van der Waals surface area contributed by atoms with Crippen molar-refractivity contribution in [2.45, 2.75) is 45.8 Å². The van der Waals surface area contributed by atoms with Crippen molar-refractivity contribution in [3.05, 3.63) is 23.4 Å². The highest BCUT2D eigenvalue weighted by Gasteiger charge is 2.65. The van der Waals surface area contributed by atoms with E-state index in [-0.39, 0.29) is 12.2 Å². The summed E-state index contributed by atoms with van der Waals surface area (Å²) < 4.78 is 0. The number of nitrogens with zero attached hydrogens (tertiary/aromatic N) is 3. The van der Waals surface area contributed by atoms with Crippen molar-refractivity contribution in [1.82, 2.24) is 4.98 Å². The van der Waals surface area contributed by atoms with Gasteiger partial charge in [0.05, 0.1) is 23.5 Å². The first kappa shape index (κ1) is 17.5. The van der Waals surface area contributed by atoms with E-state index in [9.17, 15) is 19.8 Å². The van der Waals surface area contributed by atoms with Crippen LogP contribution in [0.4, 0.5) is 5.82 Å². The van der Waals surface area contributed by atoms with Gasteiger partial charge in [-0.15, -0.1) is 0 Å². The SMILES string of the molecule is Cc1cc(N2C(=O)C3[C@H](C2=O)C(C)(C)C[C@H](O)C3(C)O)ncc1C#N. The summed E-state index contributed by atoms with van der Waals surface area (Å²) in [5.74, 6) is -2.62. The molecule has 0 bridgehead atoms. The zero-order valence-electron chi connectivity index (χ0n) is 14.6. The third kappa shape index (κ3) is 2.36. The van der Waals surface area contributed by atoms with E-state index in [4.69, 9.17) is 5.26 Å². The third-order valence-corrected chi connectivity index (χ3v) is 5.62. The van der Waals surface area contributed by atoms with Crippen LogP contribution in [0.15, 0.2) is 12.3 Å². The van der Waals surface area contributed by atoms with Crippen LogP contribution in [0.3, 0.4) is 0 Å². The predicted octanol–water partition coefficient (Wildman–Crippen LogP) is 0.909. The Bertz CT molecular complexity index is 809. The van der Waals surface area contributed by atoms with Crippen LogP contribution in [-0.2, 0) is 9.59 Å². The second kappa shape index (κ2) is 5.35. The Labute approximate surface area is 145 Å². The lowest BCUT2D eigenvalue weighted by molar-refractivity contribution is -0.178. The summed E-state index contributed by atoms with van der Waals surface area (Å²) in [5.41, 5.74) is -1.37. The molecular weight excluding hydrogens is 322 g/mol. The maximum Gasteiger partial charge on any atom is 0.241 e. The van der Waals surface area contributed by atoms with Crippen molar-refractivity contribution in [2.75, 3.05) is 4.90 Å². The van der Waals surface area contributed by atoms with Crippen LogP contribution in [0.2, 0.25) is 0 Å². The molecule has 2 unspecified atom stereocenters. The Balaban J connectivity index is 2.11. The highest BCUT2D eigenvalue weighted by Crippen LogP contribution is 2.53. The predicted molar refractivity (Wildman–Crippen MR) is 88.2 cm³/mol. The molecule has 1 aliphatic carbocycles. The maximum atomic E-state index is 13.0. The molecule has 4 atom stereocenters. The van der Waals surface area contributed by atoms with E-state index in [1.807, 2.05) is 19.9 Å². The molecule has 1 aromatic rings. The summed E-state index contributed by atoms with van der Waals surface area (Å²) in [6.45, 7) is 6.73. The number of aliphatic hydroxyl groups excluding tert-OH is 1. The topological polar surface area (TPSA) is 115 Å². The van der Waals surface area contributed by atoms with Gasteiger partial charge in [0.15, 0.2) is 0 Å². The van der Waals surface area contributed by atoms with Gasteiger partial charge in [-0.05, 0) is 37.3 Å². The number of imide groups is 1. The highest BCUT2D eigenvalue weighted by atomic mass is 16.3. The molecule has 3 rings (SSSR count). The molecule has 0 spiro atoms. The zero-order chi connectivity index (χ0) is 18.7. The minimum absolute atomic E-state index is 0.141. The first-order chi connectivity index (χ1) is 11.5. The van der Waals surface area contributed by atoms with Gasteiger partial charge in [-0.3, -0.25) is 9.59 Å². The molecule has 7 nitrogen and oxygen atoms in total. The number of amides is 2. The quantitative estimate of drug-likeness (QED) is 0.733. The normalized spacial score (nSPS) is 34.0. The fourth-order valence-electron chi connectivity index (χ4n) is 4.09. The van der Waals surface area contributed by atoms with Gasteiger partial charge in [0.1, 0.15) is 17.5 Å². The van der Waals surface area contributed by atoms with Gasteiger partial charge in [-0.2, -0.15) is 5.26 Å². The Morgan fingerprint density at radius 1 is 1.28 bits per heavy atom. The van der Waals surface area contributed by atoms with E-state index in [1.54, 1.807) is 6.92 Å². The Morgan fingerprint density at radius 3 is 2.44 bits per heavy atom. The number of aromatic nitrogens is 1. The average Bonchev–Trinajstić information content (AvgIpc) is 2.78. The maximum absolute atomic E-state index is 13.0. The van der Waals surface area contributed by atoms with Crippen molar-refractivity contribution < 1.29 is 19.8 Å². The monoisotopic (exact) mass is 343 g/mol. The lowest BCUT2D eigenvalue weighted by atomic mass is 9.58. The van der Waals surface area contributed by atoms with Crippen molar-refractivity contribution >= 4 is 17.6 Å². The minimum atomic E-state index is -1.69. The van der Waals surface area contributed by atoms with E-state index in [1.165, 1.54) is 19.2 Å². The average molecular weight is 343 g/mol. The molecule has 2 N–H and O–H groups in total. The standard InChI is InChI=1S/C18H21N3O4/c1-9-5-12(20-8-10(9)7-19)21-15(23)13-14(16(21)24)18(4,25)11(22)6-17(13,2)3/h5,8,11,13-14,22,25H,6H2,1-4H3/t11-,13+,14?,18?/m0/s1. The number of carbonyl (C=O) groups is 2. The summed E-state index contributed by atoms with van der Waals surface area (Å²) in [6, 6.07) is 3.51. The van der Waals surface area contributed by atoms with Gasteiger partial charge in [-0.1, -0.05) is 13.8 Å². The largest absolute Gasteiger partial charge is 0.390 e. The molecule has 2 aliphatic rings.